The van der Waals surface area contributed by atoms with Gasteiger partial charge < -0.3 is 15.8 Å². The molecule has 1 saturated heterocycles. The van der Waals surface area contributed by atoms with Crippen molar-refractivity contribution >= 4 is 11.7 Å². The average Bonchev–Trinajstić information content (AvgIpc) is 2.45. The van der Waals surface area contributed by atoms with E-state index in [9.17, 15) is 4.79 Å². The summed E-state index contributed by atoms with van der Waals surface area (Å²) >= 11 is 0. The maximum absolute atomic E-state index is 12.9. The fraction of sp³-hybridized carbons (Fsp3) is 0.857. The van der Waals surface area contributed by atoms with Crippen molar-refractivity contribution in [2.75, 3.05) is 20.1 Å². The van der Waals surface area contributed by atoms with Gasteiger partial charge in [-0.3, -0.25) is 9.69 Å². The third kappa shape index (κ3) is 2.75. The fourth-order valence-corrected chi connectivity index (χ4v) is 2.99. The molecule has 2 atom stereocenters. The molecule has 116 valence electrons. The molecule has 1 fully saturated rings. The summed E-state index contributed by atoms with van der Waals surface area (Å²) in [6.45, 7) is 9.39. The molecule has 1 rings (SSSR count). The smallest absolute Gasteiger partial charge is 0.236 e. The Balaban J connectivity index is 3.02. The molecular weight excluding hydrogens is 256 g/mol. The number of carbonyl (C=O) groups excluding carboxylic acids is 1. The summed E-state index contributed by atoms with van der Waals surface area (Å²) in [6.07, 6.45) is 1.07. The zero-order valence-electron chi connectivity index (χ0n) is 13.3. The highest BCUT2D eigenvalue weighted by Crippen LogP contribution is 2.31. The molecule has 20 heavy (non-hydrogen) atoms. The Labute approximate surface area is 121 Å². The first-order chi connectivity index (χ1) is 9.33. The van der Waals surface area contributed by atoms with E-state index < -0.39 is 5.41 Å². The van der Waals surface area contributed by atoms with E-state index in [4.69, 9.17) is 10.9 Å². The molecular formula is C14H28N4O2. The van der Waals surface area contributed by atoms with Crippen LogP contribution in [0.4, 0.5) is 0 Å². The molecule has 0 aliphatic carbocycles. The zero-order valence-corrected chi connectivity index (χ0v) is 13.3. The monoisotopic (exact) mass is 284 g/mol. The van der Waals surface area contributed by atoms with Crippen LogP contribution in [0.1, 0.15) is 40.5 Å². The Morgan fingerprint density at radius 2 is 1.75 bits per heavy atom. The van der Waals surface area contributed by atoms with E-state index in [1.165, 1.54) is 0 Å². The van der Waals surface area contributed by atoms with Crippen LogP contribution in [-0.2, 0) is 4.79 Å². The van der Waals surface area contributed by atoms with Crippen molar-refractivity contribution < 1.29 is 10.0 Å². The summed E-state index contributed by atoms with van der Waals surface area (Å²) in [7, 11) is 2.08. The molecule has 6 heteroatoms. The van der Waals surface area contributed by atoms with Crippen LogP contribution in [0, 0.1) is 5.41 Å². The summed E-state index contributed by atoms with van der Waals surface area (Å²) in [4.78, 5) is 17.0. The van der Waals surface area contributed by atoms with E-state index in [0.717, 1.165) is 0 Å². The molecule has 1 aliphatic heterocycles. The van der Waals surface area contributed by atoms with Crippen molar-refractivity contribution in [3.05, 3.63) is 0 Å². The van der Waals surface area contributed by atoms with Gasteiger partial charge in [-0.15, -0.1) is 0 Å². The van der Waals surface area contributed by atoms with Crippen molar-refractivity contribution in [1.29, 1.82) is 0 Å². The van der Waals surface area contributed by atoms with Gasteiger partial charge in [-0.2, -0.15) is 0 Å². The van der Waals surface area contributed by atoms with Crippen LogP contribution < -0.4 is 5.73 Å². The third-order valence-electron chi connectivity index (χ3n) is 4.86. The van der Waals surface area contributed by atoms with Gasteiger partial charge >= 0.3 is 0 Å². The minimum Gasteiger partial charge on any atom is -0.409 e. The number of amides is 1. The molecule has 0 bridgehead atoms. The van der Waals surface area contributed by atoms with Crippen LogP contribution in [-0.4, -0.2) is 59.0 Å². The van der Waals surface area contributed by atoms with E-state index in [0.29, 0.717) is 38.0 Å². The molecule has 0 aromatic heterocycles. The molecule has 0 aromatic rings. The first kappa shape index (κ1) is 16.8. The molecule has 0 spiro atoms. The lowest BCUT2D eigenvalue weighted by Gasteiger charge is -2.45. The Kier molecular flexibility index (Phi) is 5.39. The molecule has 0 saturated carbocycles. The van der Waals surface area contributed by atoms with Crippen molar-refractivity contribution in [2.24, 2.45) is 16.3 Å². The molecule has 0 radical (unpaired) electrons. The number of nitrogens with zero attached hydrogens (tertiary/aromatic N) is 3. The largest absolute Gasteiger partial charge is 0.409 e. The summed E-state index contributed by atoms with van der Waals surface area (Å²) in [5.41, 5.74) is 4.93. The van der Waals surface area contributed by atoms with E-state index in [1.54, 1.807) is 0 Å². The van der Waals surface area contributed by atoms with Crippen LogP contribution >= 0.6 is 0 Å². The molecule has 1 heterocycles. The van der Waals surface area contributed by atoms with Crippen LogP contribution in [0.2, 0.25) is 0 Å². The van der Waals surface area contributed by atoms with E-state index in [1.807, 2.05) is 18.7 Å². The van der Waals surface area contributed by atoms with Crippen LogP contribution in [0.25, 0.3) is 0 Å². The van der Waals surface area contributed by atoms with Gasteiger partial charge in [0.25, 0.3) is 0 Å². The normalized spacial score (nSPS) is 25.9. The number of oxime groups is 1. The average molecular weight is 284 g/mol. The second-order valence-electron chi connectivity index (χ2n) is 5.85. The predicted octanol–water partition coefficient (Wildman–Crippen LogP) is 1.09. The first-order valence-corrected chi connectivity index (χ1v) is 7.33. The van der Waals surface area contributed by atoms with E-state index in [-0.39, 0.29) is 11.7 Å². The van der Waals surface area contributed by atoms with Crippen LogP contribution in [0.3, 0.4) is 0 Å². The van der Waals surface area contributed by atoms with Crippen molar-refractivity contribution in [3.8, 4) is 0 Å². The molecule has 3 N–H and O–H groups in total. The van der Waals surface area contributed by atoms with Gasteiger partial charge in [-0.05, 0) is 33.7 Å². The Hall–Kier alpha value is -1.30. The number of hydrogen-bond acceptors (Lipinski definition) is 4. The van der Waals surface area contributed by atoms with Crippen molar-refractivity contribution in [3.63, 3.8) is 0 Å². The third-order valence-corrected chi connectivity index (χ3v) is 4.86. The second kappa shape index (κ2) is 6.43. The minimum atomic E-state index is -0.885. The first-order valence-electron chi connectivity index (χ1n) is 7.33. The highest BCUT2D eigenvalue weighted by atomic mass is 16.4. The minimum absolute atomic E-state index is 0.0201. The van der Waals surface area contributed by atoms with Gasteiger partial charge in [0.2, 0.25) is 5.91 Å². The van der Waals surface area contributed by atoms with Crippen molar-refractivity contribution in [2.45, 2.75) is 52.6 Å². The number of carbonyl (C=O) groups is 1. The van der Waals surface area contributed by atoms with Crippen molar-refractivity contribution in [1.82, 2.24) is 9.80 Å². The van der Waals surface area contributed by atoms with Gasteiger partial charge in [0, 0.05) is 25.2 Å². The number of likely N-dealkylation sites (N-methyl/N-ethyl adjacent to an activating group) is 1. The second-order valence-corrected chi connectivity index (χ2v) is 5.85. The lowest BCUT2D eigenvalue weighted by molar-refractivity contribution is -0.142. The molecule has 0 aromatic carbocycles. The highest BCUT2D eigenvalue weighted by molar-refractivity contribution is 6.06. The Morgan fingerprint density at radius 1 is 1.30 bits per heavy atom. The van der Waals surface area contributed by atoms with Crippen LogP contribution in [0.15, 0.2) is 5.16 Å². The lowest BCUT2D eigenvalue weighted by Crippen LogP contribution is -2.60. The maximum atomic E-state index is 12.9. The Morgan fingerprint density at radius 3 is 2.10 bits per heavy atom. The quantitative estimate of drug-likeness (QED) is 0.350. The Bertz CT molecular complexity index is 367. The number of rotatable bonds is 4. The molecule has 1 aliphatic rings. The zero-order chi connectivity index (χ0) is 15.5. The highest BCUT2D eigenvalue weighted by Gasteiger charge is 2.44. The number of piperazine rings is 1. The summed E-state index contributed by atoms with van der Waals surface area (Å²) in [5.74, 6) is -0.00339. The molecule has 1 amide bonds. The van der Waals surface area contributed by atoms with Gasteiger partial charge in [-0.1, -0.05) is 19.0 Å². The number of hydrogen-bond donors (Lipinski definition) is 2. The summed E-state index contributed by atoms with van der Waals surface area (Å²) in [6, 6.07) is 0.614. The van der Waals surface area contributed by atoms with E-state index in [2.05, 4.69) is 31.0 Å². The lowest BCUT2D eigenvalue weighted by atomic mass is 9.79. The molecule has 2 unspecified atom stereocenters. The number of nitrogens with two attached hydrogens (primary N) is 1. The number of amidine groups is 1. The summed E-state index contributed by atoms with van der Waals surface area (Å²) < 4.78 is 0. The van der Waals surface area contributed by atoms with Gasteiger partial charge in [0.15, 0.2) is 5.84 Å². The van der Waals surface area contributed by atoms with Crippen LogP contribution in [0.5, 0.6) is 0 Å². The topological polar surface area (TPSA) is 82.2 Å². The molecule has 6 nitrogen and oxygen atoms in total. The predicted molar refractivity (Wildman–Crippen MR) is 79.7 cm³/mol. The standard InChI is InChI=1S/C14H28N4O2/c1-6-14(7-2,12(15)16-20)13(19)18-8-10(3)17(5)11(4)9-18/h10-11,20H,6-9H2,1-5H3,(H2,15,16). The van der Waals surface area contributed by atoms with E-state index >= 15 is 0 Å². The maximum Gasteiger partial charge on any atom is 0.236 e. The summed E-state index contributed by atoms with van der Waals surface area (Å²) in [5, 5.41) is 12.1. The van der Waals surface area contributed by atoms with Gasteiger partial charge in [-0.25, -0.2) is 0 Å². The SMILES string of the molecule is CCC(CC)(C(=O)N1CC(C)N(C)C(C)C1)C(N)=NO. The fourth-order valence-electron chi connectivity index (χ4n) is 2.99. The van der Waals surface area contributed by atoms with Gasteiger partial charge in [0.1, 0.15) is 5.41 Å². The van der Waals surface area contributed by atoms with Gasteiger partial charge in [0.05, 0.1) is 0 Å².